The summed E-state index contributed by atoms with van der Waals surface area (Å²) < 4.78 is 1.81. The number of nitrogens with zero attached hydrogens (tertiary/aromatic N) is 2. The molecule has 0 aliphatic rings. The van der Waals surface area contributed by atoms with Crippen LogP contribution in [0.2, 0.25) is 0 Å². The summed E-state index contributed by atoms with van der Waals surface area (Å²) >= 11 is 0. The molecule has 3 heteroatoms. The van der Waals surface area contributed by atoms with Crippen molar-refractivity contribution in [2.45, 2.75) is 32.7 Å². The number of aromatic nitrogens is 2. The minimum atomic E-state index is 0.247. The van der Waals surface area contributed by atoms with Crippen LogP contribution in [-0.2, 0) is 0 Å². The molecule has 0 saturated heterocycles. The van der Waals surface area contributed by atoms with E-state index in [2.05, 4.69) is 18.9 Å². The largest absolute Gasteiger partial charge is 0.505 e. The van der Waals surface area contributed by atoms with Crippen LogP contribution in [0.25, 0.3) is 0 Å². The molecule has 62 valence electrons. The van der Waals surface area contributed by atoms with E-state index in [1.165, 1.54) is 6.20 Å². The number of hydrogen-bond donors (Lipinski definition) is 1. The second kappa shape index (κ2) is 3.42. The summed E-state index contributed by atoms with van der Waals surface area (Å²) in [5.74, 6) is 0.247. The van der Waals surface area contributed by atoms with Crippen LogP contribution in [0.5, 0.6) is 5.75 Å². The first-order valence-corrected chi connectivity index (χ1v) is 4.01. The lowest BCUT2D eigenvalue weighted by Gasteiger charge is -2.11. The van der Waals surface area contributed by atoms with E-state index in [9.17, 15) is 0 Å². The lowest BCUT2D eigenvalue weighted by atomic mass is 10.2. The van der Waals surface area contributed by atoms with Crippen LogP contribution >= 0.6 is 0 Å². The minimum Gasteiger partial charge on any atom is -0.505 e. The van der Waals surface area contributed by atoms with Crippen molar-refractivity contribution in [2.24, 2.45) is 0 Å². The van der Waals surface area contributed by atoms with E-state index in [-0.39, 0.29) is 5.75 Å². The maximum atomic E-state index is 9.01. The van der Waals surface area contributed by atoms with Gasteiger partial charge in [-0.1, -0.05) is 13.8 Å². The van der Waals surface area contributed by atoms with Gasteiger partial charge in [0.05, 0.1) is 18.4 Å². The van der Waals surface area contributed by atoms with Crippen LogP contribution in [0, 0.1) is 0 Å². The predicted molar refractivity (Wildman–Crippen MR) is 43.5 cm³/mol. The molecule has 0 fully saturated rings. The van der Waals surface area contributed by atoms with Crippen molar-refractivity contribution in [1.82, 2.24) is 9.78 Å². The second-order valence-electron chi connectivity index (χ2n) is 2.65. The molecule has 0 spiro atoms. The molecule has 1 heterocycles. The van der Waals surface area contributed by atoms with Gasteiger partial charge in [-0.25, -0.2) is 0 Å². The van der Waals surface area contributed by atoms with Gasteiger partial charge in [0.25, 0.3) is 0 Å². The molecular weight excluding hydrogens is 140 g/mol. The Balaban J connectivity index is 2.73. The van der Waals surface area contributed by atoms with Crippen LogP contribution in [-0.4, -0.2) is 14.9 Å². The van der Waals surface area contributed by atoms with Crippen LogP contribution in [0.15, 0.2) is 12.4 Å². The fourth-order valence-corrected chi connectivity index (χ4v) is 1.19. The molecular formula is C8H14N2O. The van der Waals surface area contributed by atoms with Gasteiger partial charge in [0.15, 0.2) is 5.75 Å². The molecule has 1 N–H and O–H groups in total. The molecule has 1 aromatic heterocycles. The van der Waals surface area contributed by atoms with Crippen molar-refractivity contribution >= 4 is 0 Å². The lowest BCUT2D eigenvalue weighted by molar-refractivity contribution is 0.423. The molecule has 0 radical (unpaired) electrons. The maximum absolute atomic E-state index is 9.01. The molecule has 3 nitrogen and oxygen atoms in total. The van der Waals surface area contributed by atoms with Gasteiger partial charge in [-0.3, -0.25) is 4.68 Å². The summed E-state index contributed by atoms with van der Waals surface area (Å²) in [7, 11) is 0. The van der Waals surface area contributed by atoms with Gasteiger partial charge < -0.3 is 5.11 Å². The molecule has 0 aromatic carbocycles. The maximum Gasteiger partial charge on any atom is 0.153 e. The molecule has 0 unspecified atom stereocenters. The third-order valence-corrected chi connectivity index (χ3v) is 1.90. The average molecular weight is 154 g/mol. The van der Waals surface area contributed by atoms with Crippen molar-refractivity contribution in [3.8, 4) is 5.75 Å². The van der Waals surface area contributed by atoms with E-state index in [0.29, 0.717) is 6.04 Å². The van der Waals surface area contributed by atoms with Crippen molar-refractivity contribution < 1.29 is 5.11 Å². The van der Waals surface area contributed by atoms with Gasteiger partial charge >= 0.3 is 0 Å². The highest BCUT2D eigenvalue weighted by atomic mass is 16.3. The Morgan fingerprint density at radius 3 is 2.55 bits per heavy atom. The topological polar surface area (TPSA) is 38.0 Å². The first-order valence-electron chi connectivity index (χ1n) is 4.01. The molecule has 0 bridgehead atoms. The molecule has 0 aliphatic heterocycles. The van der Waals surface area contributed by atoms with Crippen LogP contribution in [0.1, 0.15) is 32.7 Å². The number of rotatable bonds is 3. The SMILES string of the molecule is CCC(CC)n1cc(O)cn1. The first-order chi connectivity index (χ1) is 5.27. The highest BCUT2D eigenvalue weighted by Crippen LogP contribution is 2.16. The fraction of sp³-hybridized carbons (Fsp3) is 0.625. The highest BCUT2D eigenvalue weighted by molar-refractivity contribution is 5.08. The fourth-order valence-electron chi connectivity index (χ4n) is 1.19. The monoisotopic (exact) mass is 154 g/mol. The van der Waals surface area contributed by atoms with E-state index in [4.69, 9.17) is 5.11 Å². The Bertz CT molecular complexity index is 216. The van der Waals surface area contributed by atoms with Crippen molar-refractivity contribution in [3.63, 3.8) is 0 Å². The Labute approximate surface area is 66.7 Å². The van der Waals surface area contributed by atoms with Crippen molar-refractivity contribution in [2.75, 3.05) is 0 Å². The smallest absolute Gasteiger partial charge is 0.153 e. The average Bonchev–Trinajstić information content (AvgIpc) is 2.39. The van der Waals surface area contributed by atoms with Gasteiger partial charge in [-0.2, -0.15) is 5.10 Å². The van der Waals surface area contributed by atoms with Crippen molar-refractivity contribution in [3.05, 3.63) is 12.4 Å². The Morgan fingerprint density at radius 1 is 1.55 bits per heavy atom. The Hall–Kier alpha value is -0.990. The normalized spacial score (nSPS) is 10.8. The summed E-state index contributed by atoms with van der Waals surface area (Å²) in [6.07, 6.45) is 5.24. The third-order valence-electron chi connectivity index (χ3n) is 1.90. The quantitative estimate of drug-likeness (QED) is 0.722. The Kier molecular flexibility index (Phi) is 2.52. The van der Waals surface area contributed by atoms with Crippen molar-refractivity contribution in [1.29, 1.82) is 0 Å². The summed E-state index contributed by atoms with van der Waals surface area (Å²) in [6, 6.07) is 0.427. The number of aromatic hydroxyl groups is 1. The van der Waals surface area contributed by atoms with E-state index in [1.807, 2.05) is 4.68 Å². The zero-order valence-corrected chi connectivity index (χ0v) is 6.99. The summed E-state index contributed by atoms with van der Waals surface area (Å²) in [5.41, 5.74) is 0. The molecule has 11 heavy (non-hydrogen) atoms. The standard InChI is InChI=1S/C8H14N2O/c1-3-7(4-2)10-6-8(11)5-9-10/h5-7,11H,3-4H2,1-2H3. The third kappa shape index (κ3) is 1.73. The minimum absolute atomic E-state index is 0.247. The van der Waals surface area contributed by atoms with Crippen LogP contribution < -0.4 is 0 Å². The number of hydrogen-bond acceptors (Lipinski definition) is 2. The van der Waals surface area contributed by atoms with Gasteiger partial charge in [-0.05, 0) is 12.8 Å². The van der Waals surface area contributed by atoms with Gasteiger partial charge in [0.1, 0.15) is 0 Å². The zero-order valence-electron chi connectivity index (χ0n) is 6.99. The summed E-state index contributed by atoms with van der Waals surface area (Å²) in [6.45, 7) is 4.24. The zero-order chi connectivity index (χ0) is 8.27. The molecule has 1 aromatic rings. The Morgan fingerprint density at radius 2 is 2.18 bits per heavy atom. The van der Waals surface area contributed by atoms with Crippen LogP contribution in [0.3, 0.4) is 0 Å². The first kappa shape index (κ1) is 8.11. The molecule has 0 saturated carbocycles. The molecule has 0 amide bonds. The molecule has 0 atom stereocenters. The van der Waals surface area contributed by atoms with Crippen LogP contribution in [0.4, 0.5) is 0 Å². The second-order valence-corrected chi connectivity index (χ2v) is 2.65. The van der Waals surface area contributed by atoms with Gasteiger partial charge in [0.2, 0.25) is 0 Å². The predicted octanol–water partition coefficient (Wildman–Crippen LogP) is 1.95. The van der Waals surface area contributed by atoms with E-state index < -0.39 is 0 Å². The summed E-state index contributed by atoms with van der Waals surface area (Å²) in [5, 5.41) is 13.0. The highest BCUT2D eigenvalue weighted by Gasteiger charge is 2.06. The van der Waals surface area contributed by atoms with Gasteiger partial charge in [-0.15, -0.1) is 0 Å². The summed E-state index contributed by atoms with van der Waals surface area (Å²) in [4.78, 5) is 0. The van der Waals surface area contributed by atoms with Gasteiger partial charge in [0, 0.05) is 0 Å². The van der Waals surface area contributed by atoms with E-state index >= 15 is 0 Å². The molecule has 0 aliphatic carbocycles. The van der Waals surface area contributed by atoms with E-state index in [0.717, 1.165) is 12.8 Å². The van der Waals surface area contributed by atoms with E-state index in [1.54, 1.807) is 6.20 Å². The lowest BCUT2D eigenvalue weighted by Crippen LogP contribution is -2.06. The molecule has 1 rings (SSSR count).